The number of benzene rings is 2. The van der Waals surface area contributed by atoms with Crippen molar-refractivity contribution in [2.45, 2.75) is 11.7 Å². The van der Waals surface area contributed by atoms with Gasteiger partial charge in [0.15, 0.2) is 0 Å². The summed E-state index contributed by atoms with van der Waals surface area (Å²) in [5.74, 6) is -1.01. The summed E-state index contributed by atoms with van der Waals surface area (Å²) < 4.78 is 0. The van der Waals surface area contributed by atoms with E-state index in [0.29, 0.717) is 16.4 Å². The minimum absolute atomic E-state index is 0.0971. The molecule has 0 aliphatic rings. The number of rotatable bonds is 7. The van der Waals surface area contributed by atoms with Crippen LogP contribution in [0.4, 0.5) is 0 Å². The molecule has 0 saturated heterocycles. The van der Waals surface area contributed by atoms with E-state index < -0.39 is 5.97 Å². The number of phenolic OH excluding ortho intramolecular Hbond substituents is 1. The van der Waals surface area contributed by atoms with E-state index >= 15 is 0 Å². The number of aromatic nitrogens is 4. The largest absolute Gasteiger partial charge is 0.508 e. The molecule has 0 bridgehead atoms. The van der Waals surface area contributed by atoms with E-state index in [2.05, 4.69) is 20.7 Å². The molecule has 3 N–H and O–H groups in total. The molecule has 27 heavy (non-hydrogen) atoms. The number of nitrogens with one attached hydrogen (secondary N) is 1. The van der Waals surface area contributed by atoms with Crippen LogP contribution in [0.3, 0.4) is 0 Å². The molecule has 0 aliphatic heterocycles. The molecule has 3 aromatic rings. The van der Waals surface area contributed by atoms with Crippen molar-refractivity contribution in [3.05, 3.63) is 59.7 Å². The number of hydrogen-bond acceptors (Lipinski definition) is 7. The molecule has 0 fully saturated rings. The molecular formula is C17H15N5O4S. The highest BCUT2D eigenvalue weighted by molar-refractivity contribution is 7.99. The minimum atomic E-state index is -1.01. The molecular weight excluding hydrogens is 370 g/mol. The Kier molecular flexibility index (Phi) is 5.67. The van der Waals surface area contributed by atoms with Crippen LogP contribution in [0.15, 0.2) is 53.7 Å². The van der Waals surface area contributed by atoms with E-state index in [1.807, 2.05) is 0 Å². The average Bonchev–Trinajstić information content (AvgIpc) is 3.14. The summed E-state index contributed by atoms with van der Waals surface area (Å²) >= 11 is 1.13. The maximum absolute atomic E-state index is 12.0. The van der Waals surface area contributed by atoms with E-state index in [-0.39, 0.29) is 29.5 Å². The SMILES string of the molecule is O=C(CSc1nnn(-c2ccc(O)cc2)n1)NCc1cccc(C(=O)O)c1. The standard InChI is InChI=1S/C17H15N5O4S/c23-14-6-4-13(5-7-14)22-20-17(19-21-22)27-10-15(24)18-9-11-2-1-3-12(8-11)16(25)26/h1-8,23H,9-10H2,(H,18,24)(H,25,26). The van der Waals surface area contributed by atoms with Gasteiger partial charge in [-0.05, 0) is 47.2 Å². The molecule has 0 saturated carbocycles. The van der Waals surface area contributed by atoms with Crippen LogP contribution in [0, 0.1) is 0 Å². The molecule has 0 atom stereocenters. The number of tetrazole rings is 1. The quantitative estimate of drug-likeness (QED) is 0.521. The third-order valence-electron chi connectivity index (χ3n) is 3.47. The highest BCUT2D eigenvalue weighted by Gasteiger charge is 2.09. The number of carbonyl (C=O) groups excluding carboxylic acids is 1. The number of hydrogen-bond donors (Lipinski definition) is 3. The lowest BCUT2D eigenvalue weighted by molar-refractivity contribution is -0.118. The predicted molar refractivity (Wildman–Crippen MR) is 96.8 cm³/mol. The Labute approximate surface area is 158 Å². The third kappa shape index (κ3) is 5.05. The predicted octanol–water partition coefficient (Wildman–Crippen LogP) is 1.47. The second-order valence-electron chi connectivity index (χ2n) is 5.45. The van der Waals surface area contributed by atoms with Gasteiger partial charge < -0.3 is 15.5 Å². The molecule has 0 unspecified atom stereocenters. The summed E-state index contributed by atoms with van der Waals surface area (Å²) in [6.07, 6.45) is 0. The monoisotopic (exact) mass is 385 g/mol. The van der Waals surface area contributed by atoms with E-state index in [1.165, 1.54) is 29.1 Å². The van der Waals surface area contributed by atoms with Crippen molar-refractivity contribution in [2.75, 3.05) is 5.75 Å². The number of carboxylic acids is 1. The lowest BCUT2D eigenvalue weighted by Gasteiger charge is -2.05. The zero-order valence-corrected chi connectivity index (χ0v) is 14.8. The summed E-state index contributed by atoms with van der Waals surface area (Å²) in [5, 5.41) is 33.2. The first kappa shape index (κ1) is 18.4. The van der Waals surface area contributed by atoms with Crippen molar-refractivity contribution >= 4 is 23.6 Å². The molecule has 1 aromatic heterocycles. The Balaban J connectivity index is 1.50. The molecule has 1 amide bonds. The summed E-state index contributed by atoms with van der Waals surface area (Å²) in [5.41, 5.74) is 1.51. The van der Waals surface area contributed by atoms with Crippen LogP contribution in [0.5, 0.6) is 5.75 Å². The van der Waals surface area contributed by atoms with Crippen LogP contribution in [-0.4, -0.2) is 48.0 Å². The van der Waals surface area contributed by atoms with Gasteiger partial charge in [-0.15, -0.1) is 15.0 Å². The Hall–Kier alpha value is -3.40. The highest BCUT2D eigenvalue weighted by Crippen LogP contribution is 2.15. The minimum Gasteiger partial charge on any atom is -0.508 e. The molecule has 0 aliphatic carbocycles. The summed E-state index contributed by atoms with van der Waals surface area (Å²) in [6, 6.07) is 12.7. The highest BCUT2D eigenvalue weighted by atomic mass is 32.2. The number of phenols is 1. The lowest BCUT2D eigenvalue weighted by atomic mass is 10.1. The molecule has 2 aromatic carbocycles. The molecule has 138 valence electrons. The van der Waals surface area contributed by atoms with Crippen molar-refractivity contribution in [1.82, 2.24) is 25.5 Å². The Bertz CT molecular complexity index is 958. The first-order valence-electron chi connectivity index (χ1n) is 7.82. The van der Waals surface area contributed by atoms with E-state index in [0.717, 1.165) is 11.8 Å². The number of nitrogens with zero attached hydrogens (tertiary/aromatic N) is 4. The van der Waals surface area contributed by atoms with Gasteiger partial charge in [0.2, 0.25) is 11.1 Å². The molecule has 0 spiro atoms. The van der Waals surface area contributed by atoms with Gasteiger partial charge in [0, 0.05) is 6.54 Å². The van der Waals surface area contributed by atoms with Gasteiger partial charge in [0.1, 0.15) is 5.75 Å². The first-order valence-corrected chi connectivity index (χ1v) is 8.81. The van der Waals surface area contributed by atoms with Crippen LogP contribution in [0.2, 0.25) is 0 Å². The first-order chi connectivity index (χ1) is 13.0. The summed E-state index contributed by atoms with van der Waals surface area (Å²) in [7, 11) is 0. The molecule has 9 nitrogen and oxygen atoms in total. The van der Waals surface area contributed by atoms with Crippen molar-refractivity contribution in [1.29, 1.82) is 0 Å². The average molecular weight is 385 g/mol. The lowest BCUT2D eigenvalue weighted by Crippen LogP contribution is -2.24. The number of amides is 1. The van der Waals surface area contributed by atoms with Crippen LogP contribution in [0.25, 0.3) is 5.69 Å². The Morgan fingerprint density at radius 3 is 2.67 bits per heavy atom. The topological polar surface area (TPSA) is 130 Å². The zero-order valence-electron chi connectivity index (χ0n) is 13.9. The second kappa shape index (κ2) is 8.32. The van der Waals surface area contributed by atoms with Gasteiger partial charge in [-0.25, -0.2) is 4.79 Å². The number of carboxylic acid groups (broad SMARTS) is 1. The van der Waals surface area contributed by atoms with Crippen LogP contribution in [0.1, 0.15) is 15.9 Å². The Morgan fingerprint density at radius 2 is 1.93 bits per heavy atom. The summed E-state index contributed by atoms with van der Waals surface area (Å²) in [4.78, 5) is 24.2. The van der Waals surface area contributed by atoms with Crippen molar-refractivity contribution in [3.63, 3.8) is 0 Å². The Morgan fingerprint density at radius 1 is 1.15 bits per heavy atom. The van der Waals surface area contributed by atoms with Crippen molar-refractivity contribution < 1.29 is 19.8 Å². The van der Waals surface area contributed by atoms with Crippen molar-refractivity contribution in [2.24, 2.45) is 0 Å². The van der Waals surface area contributed by atoms with Gasteiger partial charge in [0.05, 0.1) is 17.0 Å². The van der Waals surface area contributed by atoms with Crippen LogP contribution < -0.4 is 5.32 Å². The van der Waals surface area contributed by atoms with Crippen LogP contribution >= 0.6 is 11.8 Å². The smallest absolute Gasteiger partial charge is 0.335 e. The molecule has 3 rings (SSSR count). The van der Waals surface area contributed by atoms with Gasteiger partial charge in [-0.1, -0.05) is 23.9 Å². The van der Waals surface area contributed by atoms with Gasteiger partial charge >= 0.3 is 5.97 Å². The van der Waals surface area contributed by atoms with Gasteiger partial charge in [0.25, 0.3) is 0 Å². The molecule has 1 heterocycles. The van der Waals surface area contributed by atoms with E-state index in [1.54, 1.807) is 24.3 Å². The number of thioether (sulfide) groups is 1. The van der Waals surface area contributed by atoms with Gasteiger partial charge in [-0.3, -0.25) is 4.79 Å². The number of aromatic carboxylic acids is 1. The fraction of sp³-hybridized carbons (Fsp3) is 0.118. The second-order valence-corrected chi connectivity index (χ2v) is 6.39. The maximum atomic E-state index is 12.0. The normalized spacial score (nSPS) is 10.5. The van der Waals surface area contributed by atoms with Gasteiger partial charge in [-0.2, -0.15) is 0 Å². The summed E-state index contributed by atoms with van der Waals surface area (Å²) in [6.45, 7) is 0.230. The van der Waals surface area contributed by atoms with Crippen molar-refractivity contribution in [3.8, 4) is 11.4 Å². The van der Waals surface area contributed by atoms with E-state index in [9.17, 15) is 14.7 Å². The zero-order chi connectivity index (χ0) is 19.2. The van der Waals surface area contributed by atoms with E-state index in [4.69, 9.17) is 5.11 Å². The molecule has 0 radical (unpaired) electrons. The van der Waals surface area contributed by atoms with Crippen LogP contribution in [-0.2, 0) is 11.3 Å². The molecule has 10 heteroatoms. The third-order valence-corrected chi connectivity index (χ3v) is 4.30. The fourth-order valence-electron chi connectivity index (χ4n) is 2.15. The fourth-order valence-corrected chi connectivity index (χ4v) is 2.74. The number of aromatic hydroxyl groups is 1. The number of carbonyl (C=O) groups is 2. The maximum Gasteiger partial charge on any atom is 0.335 e.